The highest BCUT2D eigenvalue weighted by Gasteiger charge is 2.09. The van der Waals surface area contributed by atoms with Crippen LogP contribution in [0.4, 0.5) is 0 Å². The molecule has 3 N–H and O–H groups in total. The Balaban J connectivity index is 2.82. The SMILES string of the molecule is O=c1[nH]c(=O)n(CCCCCO)c(=O)n1CCCCCO. The Morgan fingerprint density at radius 3 is 1.52 bits per heavy atom. The second-order valence-corrected chi connectivity index (χ2v) is 4.89. The Morgan fingerprint density at radius 1 is 0.714 bits per heavy atom. The number of aliphatic hydroxyl groups excluding tert-OH is 2. The van der Waals surface area contributed by atoms with Crippen molar-refractivity contribution in [3.8, 4) is 0 Å². The molecule has 8 heteroatoms. The second-order valence-electron chi connectivity index (χ2n) is 4.89. The largest absolute Gasteiger partial charge is 0.396 e. The first-order valence-electron chi connectivity index (χ1n) is 7.27. The van der Waals surface area contributed by atoms with Crippen LogP contribution >= 0.6 is 0 Å². The van der Waals surface area contributed by atoms with Gasteiger partial charge in [-0.15, -0.1) is 0 Å². The Morgan fingerprint density at radius 2 is 1.14 bits per heavy atom. The highest BCUT2D eigenvalue weighted by Crippen LogP contribution is 1.96. The van der Waals surface area contributed by atoms with Gasteiger partial charge < -0.3 is 10.2 Å². The molecule has 1 rings (SSSR count). The van der Waals surface area contributed by atoms with Crippen molar-refractivity contribution in [3.05, 3.63) is 31.5 Å². The highest BCUT2D eigenvalue weighted by molar-refractivity contribution is 4.74. The summed E-state index contributed by atoms with van der Waals surface area (Å²) in [4.78, 5) is 37.6. The van der Waals surface area contributed by atoms with Crippen molar-refractivity contribution < 1.29 is 10.2 Å². The fourth-order valence-corrected chi connectivity index (χ4v) is 2.06. The molecule has 0 radical (unpaired) electrons. The van der Waals surface area contributed by atoms with Crippen molar-refractivity contribution in [2.24, 2.45) is 0 Å². The minimum atomic E-state index is -0.694. The molecule has 1 aromatic heterocycles. The maximum Gasteiger partial charge on any atom is 0.336 e. The van der Waals surface area contributed by atoms with Crippen LogP contribution in [0.15, 0.2) is 14.4 Å². The van der Waals surface area contributed by atoms with Crippen molar-refractivity contribution in [3.63, 3.8) is 0 Å². The molecule has 0 aliphatic heterocycles. The summed E-state index contributed by atoms with van der Waals surface area (Å²) in [6, 6.07) is 0. The van der Waals surface area contributed by atoms with Gasteiger partial charge in [0.15, 0.2) is 0 Å². The first-order chi connectivity index (χ1) is 10.1. The van der Waals surface area contributed by atoms with Gasteiger partial charge in [-0.3, -0.25) is 4.98 Å². The zero-order chi connectivity index (χ0) is 15.7. The lowest BCUT2D eigenvalue weighted by molar-refractivity contribution is 0.280. The Labute approximate surface area is 121 Å². The summed E-state index contributed by atoms with van der Waals surface area (Å²) < 4.78 is 2.04. The van der Waals surface area contributed by atoms with E-state index in [0.29, 0.717) is 38.5 Å². The van der Waals surface area contributed by atoms with Crippen LogP contribution < -0.4 is 17.1 Å². The number of aromatic nitrogens is 3. The van der Waals surface area contributed by atoms with E-state index in [1.807, 2.05) is 0 Å². The first kappa shape index (κ1) is 17.4. The van der Waals surface area contributed by atoms with Gasteiger partial charge in [-0.05, 0) is 38.5 Å². The number of rotatable bonds is 10. The quantitative estimate of drug-likeness (QED) is 0.480. The molecule has 0 unspecified atom stereocenters. The van der Waals surface area contributed by atoms with E-state index in [0.717, 1.165) is 9.13 Å². The van der Waals surface area contributed by atoms with Crippen molar-refractivity contribution in [1.29, 1.82) is 0 Å². The molecule has 0 atom stereocenters. The van der Waals surface area contributed by atoms with Crippen molar-refractivity contribution in [2.75, 3.05) is 13.2 Å². The van der Waals surface area contributed by atoms with E-state index < -0.39 is 17.1 Å². The number of unbranched alkanes of at least 4 members (excludes halogenated alkanes) is 4. The van der Waals surface area contributed by atoms with Crippen molar-refractivity contribution in [2.45, 2.75) is 51.6 Å². The summed E-state index contributed by atoms with van der Waals surface area (Å²) in [5.41, 5.74) is -1.99. The minimum absolute atomic E-state index is 0.0790. The molecule has 0 saturated carbocycles. The van der Waals surface area contributed by atoms with Crippen molar-refractivity contribution in [1.82, 2.24) is 14.1 Å². The van der Waals surface area contributed by atoms with Crippen LogP contribution in [0.3, 0.4) is 0 Å². The van der Waals surface area contributed by atoms with Gasteiger partial charge in [0.05, 0.1) is 0 Å². The molecule has 0 aliphatic carbocycles. The lowest BCUT2D eigenvalue weighted by atomic mass is 10.2. The molecular formula is C13H23N3O5. The molecule has 0 amide bonds. The monoisotopic (exact) mass is 301 g/mol. The zero-order valence-electron chi connectivity index (χ0n) is 12.1. The maximum atomic E-state index is 12.1. The standard InChI is InChI=1S/C13H23N3O5/c17-9-5-1-3-7-15-11(19)14-12(20)16(13(15)21)8-4-2-6-10-18/h17-18H,1-10H2,(H,14,19,20). The van der Waals surface area contributed by atoms with Crippen molar-refractivity contribution >= 4 is 0 Å². The van der Waals surface area contributed by atoms with Gasteiger partial charge in [0.2, 0.25) is 0 Å². The number of nitrogens with one attached hydrogen (secondary N) is 1. The maximum absolute atomic E-state index is 12.1. The lowest BCUT2D eigenvalue weighted by Crippen LogP contribution is -2.49. The van der Waals surface area contributed by atoms with Crippen LogP contribution in [0.2, 0.25) is 0 Å². The van der Waals surface area contributed by atoms with E-state index in [-0.39, 0.29) is 26.3 Å². The first-order valence-corrected chi connectivity index (χ1v) is 7.27. The minimum Gasteiger partial charge on any atom is -0.396 e. The fourth-order valence-electron chi connectivity index (χ4n) is 2.06. The van der Waals surface area contributed by atoms with Crippen LogP contribution in [-0.4, -0.2) is 37.5 Å². The fraction of sp³-hybridized carbons (Fsp3) is 0.769. The Bertz CT molecular complexity index is 539. The molecule has 0 fully saturated rings. The number of nitrogens with zero attached hydrogens (tertiary/aromatic N) is 2. The number of hydrogen-bond donors (Lipinski definition) is 3. The van der Waals surface area contributed by atoms with Gasteiger partial charge in [0.1, 0.15) is 0 Å². The van der Waals surface area contributed by atoms with E-state index in [1.165, 1.54) is 0 Å². The summed E-state index contributed by atoms with van der Waals surface area (Å²) in [6.07, 6.45) is 3.83. The van der Waals surface area contributed by atoms with Crippen LogP contribution in [0.1, 0.15) is 38.5 Å². The van der Waals surface area contributed by atoms with Gasteiger partial charge in [-0.25, -0.2) is 23.5 Å². The van der Waals surface area contributed by atoms with Crippen LogP contribution in [0, 0.1) is 0 Å². The summed E-state index contributed by atoms with van der Waals surface area (Å²) in [6.45, 7) is 0.612. The van der Waals surface area contributed by atoms with Gasteiger partial charge in [0.25, 0.3) is 0 Å². The van der Waals surface area contributed by atoms with Gasteiger partial charge in [0, 0.05) is 26.3 Å². The normalized spacial score (nSPS) is 11.0. The van der Waals surface area contributed by atoms with E-state index in [2.05, 4.69) is 4.98 Å². The number of aromatic amines is 1. The molecule has 0 aliphatic rings. The summed E-state index contributed by atoms with van der Waals surface area (Å²) >= 11 is 0. The molecule has 0 bridgehead atoms. The van der Waals surface area contributed by atoms with E-state index in [4.69, 9.17) is 10.2 Å². The molecule has 1 heterocycles. The molecule has 1 aromatic rings. The highest BCUT2D eigenvalue weighted by atomic mass is 16.3. The number of aliphatic hydroxyl groups is 2. The average Bonchev–Trinajstić information content (AvgIpc) is 2.45. The molecule has 120 valence electrons. The smallest absolute Gasteiger partial charge is 0.336 e. The summed E-state index contributed by atoms with van der Waals surface area (Å²) in [5.74, 6) is 0. The molecule has 0 spiro atoms. The van der Waals surface area contributed by atoms with Gasteiger partial charge in [-0.2, -0.15) is 0 Å². The Hall–Kier alpha value is -1.67. The third-order valence-electron chi connectivity index (χ3n) is 3.25. The third-order valence-corrected chi connectivity index (χ3v) is 3.25. The molecule has 21 heavy (non-hydrogen) atoms. The van der Waals surface area contributed by atoms with E-state index in [1.54, 1.807) is 0 Å². The second kappa shape index (κ2) is 9.30. The van der Waals surface area contributed by atoms with Gasteiger partial charge >= 0.3 is 17.1 Å². The summed E-state index contributed by atoms with van der Waals surface area (Å²) in [7, 11) is 0. The average molecular weight is 301 g/mol. The van der Waals surface area contributed by atoms with E-state index in [9.17, 15) is 14.4 Å². The molecule has 0 saturated heterocycles. The third kappa shape index (κ3) is 5.31. The number of H-pyrrole nitrogens is 1. The lowest BCUT2D eigenvalue weighted by Gasteiger charge is -2.08. The topological polar surface area (TPSA) is 117 Å². The van der Waals surface area contributed by atoms with Crippen LogP contribution in [0.25, 0.3) is 0 Å². The van der Waals surface area contributed by atoms with E-state index >= 15 is 0 Å². The van der Waals surface area contributed by atoms with Crippen LogP contribution in [-0.2, 0) is 13.1 Å². The summed E-state index contributed by atoms with van der Waals surface area (Å²) in [5, 5.41) is 17.4. The number of hydrogen-bond acceptors (Lipinski definition) is 5. The molecule has 0 aromatic carbocycles. The predicted octanol–water partition coefficient (Wildman–Crippen LogP) is -0.976. The van der Waals surface area contributed by atoms with Crippen LogP contribution in [0.5, 0.6) is 0 Å². The molecule has 8 nitrogen and oxygen atoms in total. The predicted molar refractivity (Wildman–Crippen MR) is 77.5 cm³/mol. The van der Waals surface area contributed by atoms with Gasteiger partial charge in [-0.1, -0.05) is 0 Å². The Kier molecular flexibility index (Phi) is 7.70. The zero-order valence-corrected chi connectivity index (χ0v) is 12.1. The molecular weight excluding hydrogens is 278 g/mol.